The number of anilines is 1. The second-order valence-electron chi connectivity index (χ2n) is 4.80. The molecule has 0 amide bonds. The van der Waals surface area contributed by atoms with E-state index in [0.717, 1.165) is 33.8 Å². The molecule has 4 aromatic rings. The van der Waals surface area contributed by atoms with Crippen molar-refractivity contribution in [2.75, 3.05) is 5.73 Å². The zero-order valence-corrected chi connectivity index (χ0v) is 11.2. The molecule has 102 valence electrons. The standard InChI is InChI=1S/C16H13N5/c17-10-4-1-5-13-14(10)21-16(12-7-3-9-19-12)15(20-13)11-6-2-8-18-11/h1-9,18-19H,17H2. The monoisotopic (exact) mass is 275 g/mol. The molecule has 0 aliphatic heterocycles. The predicted octanol–water partition coefficient (Wildman–Crippen LogP) is 3.20. The molecule has 5 heteroatoms. The summed E-state index contributed by atoms with van der Waals surface area (Å²) < 4.78 is 0. The largest absolute Gasteiger partial charge is 0.397 e. The highest BCUT2D eigenvalue weighted by atomic mass is 14.9. The second-order valence-corrected chi connectivity index (χ2v) is 4.80. The molecule has 0 saturated heterocycles. The Morgan fingerprint density at radius 2 is 1.43 bits per heavy atom. The molecule has 1 aromatic carbocycles. The number of nitrogens with two attached hydrogens (primary N) is 1. The second kappa shape index (κ2) is 4.49. The van der Waals surface area contributed by atoms with Crippen molar-refractivity contribution in [3.8, 4) is 22.8 Å². The molecular weight excluding hydrogens is 262 g/mol. The third-order valence-corrected chi connectivity index (χ3v) is 3.43. The van der Waals surface area contributed by atoms with Gasteiger partial charge in [0.1, 0.15) is 16.9 Å². The average Bonchev–Trinajstić information content (AvgIpc) is 3.20. The smallest absolute Gasteiger partial charge is 0.115 e. The van der Waals surface area contributed by atoms with E-state index in [1.165, 1.54) is 0 Å². The molecule has 0 bridgehead atoms. The number of rotatable bonds is 2. The van der Waals surface area contributed by atoms with Crippen LogP contribution in [-0.4, -0.2) is 19.9 Å². The van der Waals surface area contributed by atoms with Gasteiger partial charge in [-0.3, -0.25) is 0 Å². The number of H-pyrrole nitrogens is 2. The number of benzene rings is 1. The maximum Gasteiger partial charge on any atom is 0.115 e. The Kier molecular flexibility index (Phi) is 2.50. The van der Waals surface area contributed by atoms with Crippen LogP contribution in [0.15, 0.2) is 54.9 Å². The van der Waals surface area contributed by atoms with Crippen molar-refractivity contribution < 1.29 is 0 Å². The molecule has 0 radical (unpaired) electrons. The number of nitrogens with zero attached hydrogens (tertiary/aromatic N) is 2. The van der Waals surface area contributed by atoms with Gasteiger partial charge in [0.2, 0.25) is 0 Å². The molecular formula is C16H13N5. The van der Waals surface area contributed by atoms with Crippen LogP contribution >= 0.6 is 0 Å². The van der Waals surface area contributed by atoms with E-state index >= 15 is 0 Å². The molecule has 4 N–H and O–H groups in total. The van der Waals surface area contributed by atoms with Crippen molar-refractivity contribution in [1.29, 1.82) is 0 Å². The van der Waals surface area contributed by atoms with E-state index in [0.29, 0.717) is 5.69 Å². The van der Waals surface area contributed by atoms with Gasteiger partial charge < -0.3 is 15.7 Å². The minimum Gasteiger partial charge on any atom is -0.397 e. The number of fused-ring (bicyclic) bond motifs is 1. The molecule has 4 rings (SSSR count). The van der Waals surface area contributed by atoms with Crippen LogP contribution in [0.1, 0.15) is 0 Å². The lowest BCUT2D eigenvalue weighted by molar-refractivity contribution is 1.24. The lowest BCUT2D eigenvalue weighted by Crippen LogP contribution is -1.98. The van der Waals surface area contributed by atoms with Crippen LogP contribution in [0.25, 0.3) is 33.8 Å². The first-order valence-corrected chi connectivity index (χ1v) is 6.67. The number of aromatic nitrogens is 4. The Morgan fingerprint density at radius 1 is 0.762 bits per heavy atom. The van der Waals surface area contributed by atoms with Crippen molar-refractivity contribution in [2.45, 2.75) is 0 Å². The van der Waals surface area contributed by atoms with Crippen LogP contribution in [0.4, 0.5) is 5.69 Å². The fourth-order valence-electron chi connectivity index (χ4n) is 2.43. The highest BCUT2D eigenvalue weighted by molar-refractivity contribution is 5.91. The summed E-state index contributed by atoms with van der Waals surface area (Å²) in [7, 11) is 0. The molecule has 0 atom stereocenters. The van der Waals surface area contributed by atoms with Gasteiger partial charge in [0.15, 0.2) is 0 Å². The first kappa shape index (κ1) is 11.7. The quantitative estimate of drug-likeness (QED) is 0.491. The van der Waals surface area contributed by atoms with Gasteiger partial charge in [0.25, 0.3) is 0 Å². The lowest BCUT2D eigenvalue weighted by atomic mass is 10.1. The summed E-state index contributed by atoms with van der Waals surface area (Å²) in [4.78, 5) is 15.8. The number of para-hydroxylation sites is 1. The Hall–Kier alpha value is -3.08. The van der Waals surface area contributed by atoms with Gasteiger partial charge in [-0.1, -0.05) is 6.07 Å². The first-order chi connectivity index (χ1) is 10.3. The molecule has 3 heterocycles. The van der Waals surface area contributed by atoms with Gasteiger partial charge >= 0.3 is 0 Å². The van der Waals surface area contributed by atoms with E-state index in [9.17, 15) is 0 Å². The Labute approximate surface area is 120 Å². The van der Waals surface area contributed by atoms with Crippen molar-refractivity contribution in [2.24, 2.45) is 0 Å². The molecule has 0 spiro atoms. The SMILES string of the molecule is Nc1cccc2nc(-c3ccc[nH]3)c(-c3ccc[nH]3)nc12. The Bertz CT molecular complexity index is 892. The minimum atomic E-state index is 0.630. The van der Waals surface area contributed by atoms with Crippen molar-refractivity contribution in [3.63, 3.8) is 0 Å². The summed E-state index contributed by atoms with van der Waals surface area (Å²) in [6.45, 7) is 0. The molecule has 3 aromatic heterocycles. The van der Waals surface area contributed by atoms with Gasteiger partial charge in [-0.2, -0.15) is 0 Å². The van der Waals surface area contributed by atoms with Crippen LogP contribution in [0.5, 0.6) is 0 Å². The fraction of sp³-hybridized carbons (Fsp3) is 0. The number of hydrogen-bond acceptors (Lipinski definition) is 3. The van der Waals surface area contributed by atoms with E-state index in [2.05, 4.69) is 9.97 Å². The lowest BCUT2D eigenvalue weighted by Gasteiger charge is -2.09. The fourth-order valence-corrected chi connectivity index (χ4v) is 2.43. The average molecular weight is 275 g/mol. The van der Waals surface area contributed by atoms with Crippen LogP contribution in [0.3, 0.4) is 0 Å². The molecule has 0 unspecified atom stereocenters. The van der Waals surface area contributed by atoms with Crippen molar-refractivity contribution in [3.05, 3.63) is 54.9 Å². The van der Waals surface area contributed by atoms with Gasteiger partial charge in [-0.05, 0) is 36.4 Å². The van der Waals surface area contributed by atoms with Crippen molar-refractivity contribution in [1.82, 2.24) is 19.9 Å². The summed E-state index contributed by atoms with van der Waals surface area (Å²) in [6, 6.07) is 13.5. The highest BCUT2D eigenvalue weighted by Gasteiger charge is 2.15. The number of nitrogens with one attached hydrogen (secondary N) is 2. The third kappa shape index (κ3) is 1.87. The molecule has 21 heavy (non-hydrogen) atoms. The number of hydrogen-bond donors (Lipinski definition) is 3. The van der Waals surface area contributed by atoms with Gasteiger partial charge in [0.05, 0.1) is 22.6 Å². The van der Waals surface area contributed by atoms with E-state index in [1.54, 1.807) is 0 Å². The summed E-state index contributed by atoms with van der Waals surface area (Å²) in [5.74, 6) is 0. The van der Waals surface area contributed by atoms with E-state index < -0.39 is 0 Å². The zero-order chi connectivity index (χ0) is 14.2. The molecule has 0 fully saturated rings. The van der Waals surface area contributed by atoms with E-state index in [-0.39, 0.29) is 0 Å². The summed E-state index contributed by atoms with van der Waals surface area (Å²) >= 11 is 0. The summed E-state index contributed by atoms with van der Waals surface area (Å²) in [5.41, 5.74) is 11.6. The molecule has 0 saturated carbocycles. The van der Waals surface area contributed by atoms with Crippen LogP contribution < -0.4 is 5.73 Å². The zero-order valence-electron chi connectivity index (χ0n) is 11.2. The van der Waals surface area contributed by atoms with Gasteiger partial charge in [-0.25, -0.2) is 9.97 Å². The van der Waals surface area contributed by atoms with Gasteiger partial charge in [0, 0.05) is 12.4 Å². The molecule has 5 nitrogen and oxygen atoms in total. The van der Waals surface area contributed by atoms with E-state index in [4.69, 9.17) is 15.7 Å². The van der Waals surface area contributed by atoms with E-state index in [1.807, 2.05) is 54.9 Å². The summed E-state index contributed by atoms with van der Waals surface area (Å²) in [6.07, 6.45) is 3.74. The van der Waals surface area contributed by atoms with Crippen molar-refractivity contribution >= 4 is 16.7 Å². The van der Waals surface area contributed by atoms with Gasteiger partial charge in [-0.15, -0.1) is 0 Å². The first-order valence-electron chi connectivity index (χ1n) is 6.67. The van der Waals surface area contributed by atoms with Crippen LogP contribution in [0, 0.1) is 0 Å². The summed E-state index contributed by atoms with van der Waals surface area (Å²) in [5, 5.41) is 0. The maximum atomic E-state index is 6.03. The number of aromatic amines is 2. The maximum absolute atomic E-state index is 6.03. The highest BCUT2D eigenvalue weighted by Crippen LogP contribution is 2.30. The molecule has 0 aliphatic carbocycles. The number of nitrogen functional groups attached to an aromatic ring is 1. The predicted molar refractivity (Wildman–Crippen MR) is 83.5 cm³/mol. The van der Waals surface area contributed by atoms with Crippen LogP contribution in [-0.2, 0) is 0 Å². The topological polar surface area (TPSA) is 83.4 Å². The van der Waals surface area contributed by atoms with Crippen LogP contribution in [0.2, 0.25) is 0 Å². The third-order valence-electron chi connectivity index (χ3n) is 3.43. The molecule has 0 aliphatic rings. The Morgan fingerprint density at radius 3 is 2.05 bits per heavy atom. The normalized spacial score (nSPS) is 11.0. The minimum absolute atomic E-state index is 0.630. The Balaban J connectivity index is 2.08.